The van der Waals surface area contributed by atoms with E-state index in [0.29, 0.717) is 17.3 Å². The van der Waals surface area contributed by atoms with E-state index in [9.17, 15) is 18.0 Å². The molecule has 0 aliphatic rings. The Morgan fingerprint density at radius 1 is 1.09 bits per heavy atom. The van der Waals surface area contributed by atoms with Crippen molar-refractivity contribution in [3.8, 4) is 0 Å². The Hall–Kier alpha value is -2.21. The molecular weight excluding hydrogens is 329 g/mol. The molecule has 23 heavy (non-hydrogen) atoms. The van der Waals surface area contributed by atoms with Crippen molar-refractivity contribution in [1.29, 1.82) is 0 Å². The summed E-state index contributed by atoms with van der Waals surface area (Å²) in [7, 11) is 0. The van der Waals surface area contributed by atoms with Crippen molar-refractivity contribution < 1.29 is 18.0 Å². The molecule has 1 amide bonds. The molecule has 0 aliphatic carbocycles. The molecule has 7 heteroatoms. The molecule has 0 heterocycles. The summed E-state index contributed by atoms with van der Waals surface area (Å²) in [6.45, 7) is 0.314. The van der Waals surface area contributed by atoms with Gasteiger partial charge in [-0.25, -0.2) is 0 Å². The van der Waals surface area contributed by atoms with Gasteiger partial charge in [0, 0.05) is 18.7 Å². The standard InChI is InChI=1S/C16H14ClF3N2O/c17-13-6-1-2-7-14(13)21-9-8-15(23)22-12-5-3-4-11(10-12)16(18,19)20/h1-7,10,21H,8-9H2,(H,22,23). The SMILES string of the molecule is O=C(CCNc1ccccc1Cl)Nc1cccc(C(F)(F)F)c1. The number of amides is 1. The van der Waals surface area contributed by atoms with Crippen molar-refractivity contribution in [3.05, 3.63) is 59.1 Å². The Bertz CT molecular complexity index is 689. The van der Waals surface area contributed by atoms with Gasteiger partial charge in [0.05, 0.1) is 16.3 Å². The van der Waals surface area contributed by atoms with Gasteiger partial charge in [-0.2, -0.15) is 13.2 Å². The van der Waals surface area contributed by atoms with E-state index in [-0.39, 0.29) is 18.0 Å². The zero-order valence-corrected chi connectivity index (χ0v) is 12.7. The van der Waals surface area contributed by atoms with Gasteiger partial charge in [-0.05, 0) is 30.3 Å². The first-order chi connectivity index (χ1) is 10.9. The van der Waals surface area contributed by atoms with E-state index in [1.165, 1.54) is 12.1 Å². The molecule has 2 aromatic carbocycles. The highest BCUT2D eigenvalue weighted by atomic mass is 35.5. The van der Waals surface area contributed by atoms with E-state index >= 15 is 0 Å². The van der Waals surface area contributed by atoms with Crippen LogP contribution in [0.1, 0.15) is 12.0 Å². The summed E-state index contributed by atoms with van der Waals surface area (Å²) >= 11 is 5.96. The van der Waals surface area contributed by atoms with Crippen LogP contribution in [0, 0.1) is 0 Å². The zero-order chi connectivity index (χ0) is 16.9. The van der Waals surface area contributed by atoms with Crippen molar-refractivity contribution >= 4 is 28.9 Å². The maximum absolute atomic E-state index is 12.6. The molecule has 0 aliphatic heterocycles. The molecule has 0 radical (unpaired) electrons. The number of para-hydroxylation sites is 1. The minimum Gasteiger partial charge on any atom is -0.383 e. The maximum atomic E-state index is 12.6. The van der Waals surface area contributed by atoms with Crippen LogP contribution in [0.4, 0.5) is 24.5 Å². The smallest absolute Gasteiger partial charge is 0.383 e. The Balaban J connectivity index is 1.87. The quantitative estimate of drug-likeness (QED) is 0.819. The number of halogens is 4. The topological polar surface area (TPSA) is 41.1 Å². The highest BCUT2D eigenvalue weighted by Gasteiger charge is 2.30. The third-order valence-electron chi connectivity index (χ3n) is 3.02. The number of nitrogens with one attached hydrogen (secondary N) is 2. The van der Waals surface area contributed by atoms with Gasteiger partial charge >= 0.3 is 6.18 Å². The molecule has 0 atom stereocenters. The van der Waals surface area contributed by atoms with Crippen LogP contribution >= 0.6 is 11.6 Å². The number of carbonyl (C=O) groups is 1. The van der Waals surface area contributed by atoms with Gasteiger partial charge < -0.3 is 10.6 Å². The van der Waals surface area contributed by atoms with E-state index in [4.69, 9.17) is 11.6 Å². The van der Waals surface area contributed by atoms with Crippen molar-refractivity contribution in [3.63, 3.8) is 0 Å². The molecule has 0 bridgehead atoms. The molecule has 0 saturated heterocycles. The van der Waals surface area contributed by atoms with Crippen LogP contribution in [0.25, 0.3) is 0 Å². The predicted octanol–water partition coefficient (Wildman–Crippen LogP) is 4.80. The maximum Gasteiger partial charge on any atom is 0.416 e. The van der Waals surface area contributed by atoms with Crippen LogP contribution in [-0.2, 0) is 11.0 Å². The van der Waals surface area contributed by atoms with Crippen LogP contribution in [-0.4, -0.2) is 12.5 Å². The Morgan fingerprint density at radius 2 is 1.83 bits per heavy atom. The minimum absolute atomic E-state index is 0.0987. The second-order valence-electron chi connectivity index (χ2n) is 4.78. The van der Waals surface area contributed by atoms with E-state index in [2.05, 4.69) is 10.6 Å². The number of carbonyl (C=O) groups excluding carboxylic acids is 1. The van der Waals surface area contributed by atoms with Crippen LogP contribution < -0.4 is 10.6 Å². The van der Waals surface area contributed by atoms with Crippen LogP contribution in [0.15, 0.2) is 48.5 Å². The third-order valence-corrected chi connectivity index (χ3v) is 3.34. The Kier molecular flexibility index (Phi) is 5.50. The second kappa shape index (κ2) is 7.37. The first-order valence-corrected chi connectivity index (χ1v) is 7.19. The number of hydrogen-bond donors (Lipinski definition) is 2. The summed E-state index contributed by atoms with van der Waals surface area (Å²) < 4.78 is 37.8. The first-order valence-electron chi connectivity index (χ1n) is 6.82. The molecule has 0 spiro atoms. The molecule has 0 fully saturated rings. The first kappa shape index (κ1) is 17.1. The fraction of sp³-hybridized carbons (Fsp3) is 0.188. The van der Waals surface area contributed by atoms with Gasteiger partial charge in [0.1, 0.15) is 0 Å². The summed E-state index contributed by atoms with van der Waals surface area (Å²) in [6, 6.07) is 11.6. The zero-order valence-electron chi connectivity index (χ0n) is 12.0. The van der Waals surface area contributed by atoms with Gasteiger partial charge in [-0.3, -0.25) is 4.79 Å². The molecule has 2 rings (SSSR count). The van der Waals surface area contributed by atoms with Gasteiger partial charge in [0.25, 0.3) is 0 Å². The van der Waals surface area contributed by atoms with E-state index in [1.807, 2.05) is 0 Å². The fourth-order valence-corrected chi connectivity index (χ4v) is 2.11. The van der Waals surface area contributed by atoms with E-state index in [0.717, 1.165) is 12.1 Å². The number of anilines is 2. The lowest BCUT2D eigenvalue weighted by Crippen LogP contribution is -2.17. The van der Waals surface area contributed by atoms with E-state index in [1.54, 1.807) is 24.3 Å². The number of alkyl halides is 3. The van der Waals surface area contributed by atoms with Crippen molar-refractivity contribution in [1.82, 2.24) is 0 Å². The summed E-state index contributed by atoms with van der Waals surface area (Å²) in [5.41, 5.74) is 0.00750. The largest absolute Gasteiger partial charge is 0.416 e. The van der Waals surface area contributed by atoms with Gasteiger partial charge in [0.2, 0.25) is 5.91 Å². The van der Waals surface area contributed by atoms with Crippen molar-refractivity contribution in [2.24, 2.45) is 0 Å². The average Bonchev–Trinajstić information content (AvgIpc) is 2.48. The Morgan fingerprint density at radius 3 is 2.52 bits per heavy atom. The lowest BCUT2D eigenvalue weighted by Gasteiger charge is -2.11. The number of rotatable bonds is 5. The molecular formula is C16H14ClF3N2O. The monoisotopic (exact) mass is 342 g/mol. The summed E-state index contributed by atoms with van der Waals surface area (Å²) in [6.07, 6.45) is -4.34. The number of hydrogen-bond acceptors (Lipinski definition) is 2. The van der Waals surface area contributed by atoms with E-state index < -0.39 is 11.7 Å². The molecule has 2 aromatic rings. The highest BCUT2D eigenvalue weighted by molar-refractivity contribution is 6.33. The molecule has 122 valence electrons. The van der Waals surface area contributed by atoms with Gasteiger partial charge in [0.15, 0.2) is 0 Å². The summed E-state index contributed by atoms with van der Waals surface area (Å²) in [4.78, 5) is 11.8. The fourth-order valence-electron chi connectivity index (χ4n) is 1.91. The molecule has 0 unspecified atom stereocenters. The average molecular weight is 343 g/mol. The van der Waals surface area contributed by atoms with Crippen LogP contribution in [0.3, 0.4) is 0 Å². The van der Waals surface area contributed by atoms with Crippen LogP contribution in [0.5, 0.6) is 0 Å². The molecule has 2 N–H and O–H groups in total. The second-order valence-corrected chi connectivity index (χ2v) is 5.19. The van der Waals surface area contributed by atoms with Gasteiger partial charge in [-0.1, -0.05) is 29.8 Å². The van der Waals surface area contributed by atoms with Crippen molar-refractivity contribution in [2.45, 2.75) is 12.6 Å². The normalized spacial score (nSPS) is 11.1. The van der Waals surface area contributed by atoms with Gasteiger partial charge in [-0.15, -0.1) is 0 Å². The lowest BCUT2D eigenvalue weighted by atomic mass is 10.2. The third kappa shape index (κ3) is 5.17. The number of benzene rings is 2. The Labute approximate surface area is 136 Å². The molecule has 0 aromatic heterocycles. The molecule has 3 nitrogen and oxygen atoms in total. The molecule has 0 saturated carbocycles. The predicted molar refractivity (Wildman–Crippen MR) is 84.6 cm³/mol. The van der Waals surface area contributed by atoms with Crippen LogP contribution in [0.2, 0.25) is 5.02 Å². The minimum atomic E-state index is -4.44. The summed E-state index contributed by atoms with van der Waals surface area (Å²) in [5.74, 6) is -0.385. The lowest BCUT2D eigenvalue weighted by molar-refractivity contribution is -0.137. The van der Waals surface area contributed by atoms with Crippen molar-refractivity contribution in [2.75, 3.05) is 17.2 Å². The highest BCUT2D eigenvalue weighted by Crippen LogP contribution is 2.30. The summed E-state index contributed by atoms with van der Waals surface area (Å²) in [5, 5.41) is 5.97.